The Kier molecular flexibility index (Phi) is 7.83. The first-order chi connectivity index (χ1) is 15.4. The molecule has 6 nitrogen and oxygen atoms in total. The van der Waals surface area contributed by atoms with Crippen LogP contribution in [0.5, 0.6) is 5.75 Å². The third kappa shape index (κ3) is 6.07. The van der Waals surface area contributed by atoms with Crippen LogP contribution in [0.25, 0.3) is 0 Å². The smallest absolute Gasteiger partial charge is 0.264 e. The number of carbonyl (C=O) groups is 1. The molecule has 8 heteroatoms. The fraction of sp³-hybridized carbons (Fsp3) is 0.208. The van der Waals surface area contributed by atoms with E-state index in [4.69, 9.17) is 4.74 Å². The number of carbonyl (C=O) groups excluding carboxylic acids is 1. The van der Waals surface area contributed by atoms with Crippen molar-refractivity contribution in [2.75, 3.05) is 24.0 Å². The predicted octanol–water partition coefficient (Wildman–Crippen LogP) is 3.78. The van der Waals surface area contributed by atoms with Crippen molar-refractivity contribution in [3.8, 4) is 5.75 Å². The Bertz CT molecular complexity index is 1120. The maximum atomic E-state index is 13.3. The molecule has 0 aliphatic heterocycles. The number of amides is 1. The summed E-state index contributed by atoms with van der Waals surface area (Å²) < 4.78 is 46.3. The Balaban J connectivity index is 1.79. The third-order valence-electron chi connectivity index (χ3n) is 4.70. The zero-order valence-corrected chi connectivity index (χ0v) is 18.5. The fourth-order valence-electron chi connectivity index (χ4n) is 3.10. The van der Waals surface area contributed by atoms with Gasteiger partial charge in [-0.25, -0.2) is 12.8 Å². The Hall–Kier alpha value is -3.39. The van der Waals surface area contributed by atoms with Crippen LogP contribution in [-0.4, -0.2) is 34.0 Å². The fourth-order valence-corrected chi connectivity index (χ4v) is 4.52. The lowest BCUT2D eigenvalue weighted by molar-refractivity contribution is -0.119. The van der Waals surface area contributed by atoms with Crippen LogP contribution in [0.15, 0.2) is 83.8 Å². The summed E-state index contributed by atoms with van der Waals surface area (Å²) in [5.41, 5.74) is 1.37. The van der Waals surface area contributed by atoms with Crippen molar-refractivity contribution in [3.63, 3.8) is 0 Å². The van der Waals surface area contributed by atoms with E-state index in [2.05, 4.69) is 5.32 Å². The van der Waals surface area contributed by atoms with Gasteiger partial charge in [0.25, 0.3) is 10.0 Å². The molecule has 3 aromatic carbocycles. The first-order valence-electron chi connectivity index (χ1n) is 10.2. The van der Waals surface area contributed by atoms with E-state index in [0.29, 0.717) is 31.0 Å². The SMILES string of the molecule is CCOc1ccc(N(CC(=O)NCCc2ccccc2)S(=O)(=O)c2ccc(F)cc2)cc1. The number of halogens is 1. The maximum Gasteiger partial charge on any atom is 0.264 e. The van der Waals surface area contributed by atoms with Crippen LogP contribution < -0.4 is 14.4 Å². The highest BCUT2D eigenvalue weighted by Crippen LogP contribution is 2.26. The third-order valence-corrected chi connectivity index (χ3v) is 6.49. The summed E-state index contributed by atoms with van der Waals surface area (Å²) >= 11 is 0. The van der Waals surface area contributed by atoms with Gasteiger partial charge in [0.05, 0.1) is 17.2 Å². The Morgan fingerprint density at radius 1 is 0.969 bits per heavy atom. The highest BCUT2D eigenvalue weighted by Gasteiger charge is 2.27. The first-order valence-corrected chi connectivity index (χ1v) is 11.7. The summed E-state index contributed by atoms with van der Waals surface area (Å²) in [6.07, 6.45) is 0.625. The van der Waals surface area contributed by atoms with Gasteiger partial charge in [0.15, 0.2) is 0 Å². The molecule has 0 spiro atoms. The first kappa shape index (κ1) is 23.3. The molecule has 0 radical (unpaired) electrons. The van der Waals surface area contributed by atoms with Crippen LogP contribution in [0.1, 0.15) is 12.5 Å². The number of nitrogens with zero attached hydrogens (tertiary/aromatic N) is 1. The maximum absolute atomic E-state index is 13.3. The molecule has 0 fully saturated rings. The number of hydrogen-bond donors (Lipinski definition) is 1. The molecule has 0 bridgehead atoms. The van der Waals surface area contributed by atoms with E-state index in [-0.39, 0.29) is 4.90 Å². The molecule has 3 rings (SSSR count). The Morgan fingerprint density at radius 3 is 2.25 bits per heavy atom. The lowest BCUT2D eigenvalue weighted by Gasteiger charge is -2.24. The zero-order valence-electron chi connectivity index (χ0n) is 17.7. The minimum absolute atomic E-state index is 0.107. The lowest BCUT2D eigenvalue weighted by Crippen LogP contribution is -2.41. The number of anilines is 1. The molecular formula is C24H25FN2O4S. The number of nitrogens with one attached hydrogen (secondary N) is 1. The normalized spacial score (nSPS) is 11.1. The summed E-state index contributed by atoms with van der Waals surface area (Å²) in [5, 5.41) is 2.77. The van der Waals surface area contributed by atoms with E-state index in [0.717, 1.165) is 22.0 Å². The summed E-state index contributed by atoms with van der Waals surface area (Å²) in [7, 11) is -4.10. The van der Waals surface area contributed by atoms with Crippen LogP contribution in [0.2, 0.25) is 0 Å². The highest BCUT2D eigenvalue weighted by atomic mass is 32.2. The number of hydrogen-bond acceptors (Lipinski definition) is 4. The van der Waals surface area contributed by atoms with Gasteiger partial charge < -0.3 is 10.1 Å². The van der Waals surface area contributed by atoms with Crippen LogP contribution in [0.4, 0.5) is 10.1 Å². The van der Waals surface area contributed by atoms with Gasteiger partial charge in [-0.15, -0.1) is 0 Å². The lowest BCUT2D eigenvalue weighted by atomic mass is 10.1. The highest BCUT2D eigenvalue weighted by molar-refractivity contribution is 7.92. The molecule has 1 N–H and O–H groups in total. The Labute approximate surface area is 187 Å². The average molecular weight is 457 g/mol. The average Bonchev–Trinajstić information content (AvgIpc) is 2.79. The van der Waals surface area contributed by atoms with Crippen molar-refractivity contribution < 1.29 is 22.3 Å². The monoisotopic (exact) mass is 456 g/mol. The van der Waals surface area contributed by atoms with Crippen LogP contribution >= 0.6 is 0 Å². The number of rotatable bonds is 10. The van der Waals surface area contributed by atoms with Crippen LogP contribution in [-0.2, 0) is 21.2 Å². The molecule has 0 saturated carbocycles. The molecule has 0 heterocycles. The van der Waals surface area contributed by atoms with Crippen molar-refractivity contribution in [1.29, 1.82) is 0 Å². The van der Waals surface area contributed by atoms with E-state index in [1.165, 1.54) is 12.1 Å². The number of benzene rings is 3. The van der Waals surface area contributed by atoms with Gasteiger partial charge in [-0.2, -0.15) is 0 Å². The molecule has 0 saturated heterocycles. The second-order valence-corrected chi connectivity index (χ2v) is 8.84. The van der Waals surface area contributed by atoms with E-state index in [1.807, 2.05) is 37.3 Å². The quantitative estimate of drug-likeness (QED) is 0.504. The van der Waals surface area contributed by atoms with Gasteiger partial charge in [-0.05, 0) is 67.4 Å². The predicted molar refractivity (Wildman–Crippen MR) is 122 cm³/mol. The second-order valence-electron chi connectivity index (χ2n) is 6.98. The van der Waals surface area contributed by atoms with Crippen molar-refractivity contribution >= 4 is 21.6 Å². The van der Waals surface area contributed by atoms with Crippen molar-refractivity contribution in [1.82, 2.24) is 5.32 Å². The number of sulfonamides is 1. The molecule has 0 aliphatic rings. The molecule has 3 aromatic rings. The minimum atomic E-state index is -4.10. The minimum Gasteiger partial charge on any atom is -0.494 e. The molecule has 0 aromatic heterocycles. The van der Waals surface area contributed by atoms with Gasteiger partial charge in [-0.1, -0.05) is 30.3 Å². The standard InChI is InChI=1S/C24H25FN2O4S/c1-2-31-22-12-10-21(11-13-22)27(32(29,30)23-14-8-20(25)9-15-23)18-24(28)26-17-16-19-6-4-3-5-7-19/h3-15H,2,16-18H2,1H3,(H,26,28). The van der Waals surface area contributed by atoms with E-state index >= 15 is 0 Å². The number of ether oxygens (including phenoxy) is 1. The van der Waals surface area contributed by atoms with E-state index in [1.54, 1.807) is 24.3 Å². The molecule has 0 aliphatic carbocycles. The van der Waals surface area contributed by atoms with Crippen LogP contribution in [0.3, 0.4) is 0 Å². The molecule has 1 amide bonds. The molecule has 32 heavy (non-hydrogen) atoms. The van der Waals surface area contributed by atoms with Crippen LogP contribution in [0, 0.1) is 5.82 Å². The van der Waals surface area contributed by atoms with E-state index < -0.39 is 28.3 Å². The van der Waals surface area contributed by atoms with Gasteiger partial charge in [0, 0.05) is 6.54 Å². The van der Waals surface area contributed by atoms with Gasteiger partial charge in [0.1, 0.15) is 18.1 Å². The molecule has 168 valence electrons. The molecule has 0 atom stereocenters. The molecular weight excluding hydrogens is 431 g/mol. The Morgan fingerprint density at radius 2 is 1.62 bits per heavy atom. The summed E-state index contributed by atoms with van der Waals surface area (Å²) in [4.78, 5) is 12.5. The van der Waals surface area contributed by atoms with E-state index in [9.17, 15) is 17.6 Å². The largest absolute Gasteiger partial charge is 0.494 e. The van der Waals surface area contributed by atoms with Gasteiger partial charge in [-0.3, -0.25) is 9.10 Å². The topological polar surface area (TPSA) is 75.7 Å². The van der Waals surface area contributed by atoms with Gasteiger partial charge >= 0.3 is 0 Å². The van der Waals surface area contributed by atoms with Gasteiger partial charge in [0.2, 0.25) is 5.91 Å². The second kappa shape index (κ2) is 10.8. The molecule has 0 unspecified atom stereocenters. The zero-order chi connectivity index (χ0) is 23.0. The van der Waals surface area contributed by atoms with Crippen molar-refractivity contribution in [3.05, 3.63) is 90.2 Å². The summed E-state index contributed by atoms with van der Waals surface area (Å²) in [6.45, 7) is 2.28. The van der Waals surface area contributed by atoms with Crippen molar-refractivity contribution in [2.24, 2.45) is 0 Å². The summed E-state index contributed by atoms with van der Waals surface area (Å²) in [6, 6.07) is 20.6. The summed E-state index contributed by atoms with van der Waals surface area (Å²) in [5.74, 6) is -0.404. The van der Waals surface area contributed by atoms with Crippen molar-refractivity contribution in [2.45, 2.75) is 18.2 Å².